The van der Waals surface area contributed by atoms with Crippen LogP contribution in [-0.4, -0.2) is 30.9 Å². The number of hydrogen-bond acceptors (Lipinski definition) is 7. The molecule has 6 rings (SSSR count). The zero-order valence-electron chi connectivity index (χ0n) is 19.4. The van der Waals surface area contributed by atoms with Crippen molar-refractivity contribution in [1.29, 1.82) is 0 Å². The number of nitrogens with zero attached hydrogens (tertiary/aromatic N) is 5. The number of urea groups is 1. The lowest BCUT2D eigenvalue weighted by Gasteiger charge is -2.43. The Morgan fingerprint density at radius 2 is 2.06 bits per heavy atom. The van der Waals surface area contributed by atoms with Gasteiger partial charge < -0.3 is 15.6 Å². The maximum absolute atomic E-state index is 15.0. The number of hydrogen-bond donors (Lipinski definition) is 3. The third-order valence-electron chi connectivity index (χ3n) is 7.42. The number of aromatic nitrogens is 5. The van der Waals surface area contributed by atoms with E-state index in [0.29, 0.717) is 28.2 Å². The Labute approximate surface area is 200 Å². The Balaban J connectivity index is 1.21. The van der Waals surface area contributed by atoms with Crippen LogP contribution in [0.3, 0.4) is 0 Å². The van der Waals surface area contributed by atoms with Gasteiger partial charge in [-0.1, -0.05) is 25.1 Å². The Morgan fingerprint density at radius 3 is 2.74 bits per heavy atom. The highest BCUT2D eigenvalue weighted by Crippen LogP contribution is 2.48. The Hall–Kier alpha value is -4.02. The number of rotatable bonds is 5. The van der Waals surface area contributed by atoms with Crippen LogP contribution in [-0.2, 0) is 5.41 Å². The largest absolute Gasteiger partial charge is 0.383 e. The molecule has 3 heterocycles. The van der Waals surface area contributed by atoms with Crippen LogP contribution in [0.4, 0.5) is 26.6 Å². The quantitative estimate of drug-likeness (QED) is 0.374. The van der Waals surface area contributed by atoms with Gasteiger partial charge in [0.15, 0.2) is 5.65 Å². The number of anilines is 3. The summed E-state index contributed by atoms with van der Waals surface area (Å²) in [5.74, 6) is 0.380. The van der Waals surface area contributed by atoms with Crippen LogP contribution in [0.1, 0.15) is 51.3 Å². The zero-order valence-corrected chi connectivity index (χ0v) is 19.4. The van der Waals surface area contributed by atoms with Crippen molar-refractivity contribution in [1.82, 2.24) is 24.9 Å². The molecule has 2 aliphatic carbocycles. The van der Waals surface area contributed by atoms with Crippen LogP contribution >= 0.6 is 0 Å². The van der Waals surface area contributed by atoms with Crippen LogP contribution in [0.2, 0.25) is 0 Å². The first-order valence-corrected chi connectivity index (χ1v) is 11.7. The van der Waals surface area contributed by atoms with Gasteiger partial charge in [-0.15, -0.1) is 0 Å². The molecule has 1 aromatic carbocycles. The Kier molecular flexibility index (Phi) is 4.77. The van der Waals surface area contributed by atoms with Crippen molar-refractivity contribution in [2.75, 3.05) is 16.4 Å². The molecule has 11 heteroatoms. The average Bonchev–Trinajstić information content (AvgIpc) is 3.44. The molecule has 4 N–H and O–H groups in total. The normalized spacial score (nSPS) is 21.6. The summed E-state index contributed by atoms with van der Waals surface area (Å²) in [6, 6.07) is 5.83. The molecular formula is C24H25FN8O2. The van der Waals surface area contributed by atoms with Gasteiger partial charge in [0.2, 0.25) is 5.88 Å². The minimum Gasteiger partial charge on any atom is -0.383 e. The predicted octanol–water partition coefficient (Wildman–Crippen LogP) is 4.87. The van der Waals surface area contributed by atoms with Crippen molar-refractivity contribution in [2.24, 2.45) is 5.92 Å². The molecule has 180 valence electrons. The van der Waals surface area contributed by atoms with Crippen molar-refractivity contribution in [2.45, 2.75) is 51.0 Å². The van der Waals surface area contributed by atoms with E-state index in [1.165, 1.54) is 18.5 Å². The Bertz CT molecular complexity index is 1460. The highest BCUT2D eigenvalue weighted by Gasteiger charge is 2.43. The fourth-order valence-electron chi connectivity index (χ4n) is 4.65. The lowest BCUT2D eigenvalue weighted by molar-refractivity contribution is 0.148. The van der Waals surface area contributed by atoms with Crippen LogP contribution in [0.25, 0.3) is 22.3 Å². The minimum absolute atomic E-state index is 0.0146. The van der Waals surface area contributed by atoms with Gasteiger partial charge in [0.1, 0.15) is 23.7 Å². The Morgan fingerprint density at radius 1 is 1.23 bits per heavy atom. The second-order valence-electron chi connectivity index (χ2n) is 9.69. The van der Waals surface area contributed by atoms with E-state index in [2.05, 4.69) is 44.7 Å². The van der Waals surface area contributed by atoms with Gasteiger partial charge in [-0.05, 0) is 43.7 Å². The minimum atomic E-state index is -0.632. The van der Waals surface area contributed by atoms with Crippen molar-refractivity contribution in [3.05, 3.63) is 42.1 Å². The molecule has 0 spiro atoms. The van der Waals surface area contributed by atoms with Crippen LogP contribution < -0.4 is 16.4 Å². The van der Waals surface area contributed by atoms with E-state index < -0.39 is 11.8 Å². The second-order valence-corrected chi connectivity index (χ2v) is 9.69. The van der Waals surface area contributed by atoms with Crippen molar-refractivity contribution in [3.63, 3.8) is 0 Å². The number of fused-ring (bicyclic) bond motifs is 1. The molecule has 2 saturated carbocycles. The van der Waals surface area contributed by atoms with Crippen LogP contribution in [0, 0.1) is 11.7 Å². The molecule has 2 amide bonds. The van der Waals surface area contributed by atoms with Gasteiger partial charge in [-0.3, -0.25) is 5.32 Å². The first-order chi connectivity index (χ1) is 16.8. The third kappa shape index (κ3) is 3.58. The molecular weight excluding hydrogens is 451 g/mol. The summed E-state index contributed by atoms with van der Waals surface area (Å²) in [5.41, 5.74) is 8.54. The molecule has 35 heavy (non-hydrogen) atoms. The molecule has 0 radical (unpaired) electrons. The first-order valence-electron chi connectivity index (χ1n) is 11.7. The predicted molar refractivity (Wildman–Crippen MR) is 128 cm³/mol. The van der Waals surface area contributed by atoms with Crippen molar-refractivity contribution < 1.29 is 13.7 Å². The van der Waals surface area contributed by atoms with Gasteiger partial charge >= 0.3 is 6.03 Å². The lowest BCUT2D eigenvalue weighted by atomic mass is 9.60. The van der Waals surface area contributed by atoms with Gasteiger partial charge in [0.25, 0.3) is 0 Å². The molecule has 3 aromatic heterocycles. The SMILES string of the molecule is CC1CCC1(C)c1cc(NC(=O)Nc2ccc(-c3nn(C4CC4)c4ncnc(N)c34)cc2F)on1. The first kappa shape index (κ1) is 21.5. The summed E-state index contributed by atoms with van der Waals surface area (Å²) in [4.78, 5) is 20.9. The number of nitrogens with two attached hydrogens (primary N) is 1. The summed E-state index contributed by atoms with van der Waals surface area (Å²) in [7, 11) is 0. The number of carbonyl (C=O) groups excluding carboxylic acids is 1. The second kappa shape index (κ2) is 7.76. The van der Waals surface area contributed by atoms with E-state index in [4.69, 9.17) is 10.3 Å². The van der Waals surface area contributed by atoms with E-state index in [1.807, 2.05) is 4.68 Å². The number of benzene rings is 1. The standard InChI is InChI=1S/C24H25FN8O2/c1-12-7-8-24(12,2)17-10-18(35-32-17)30-23(34)29-16-6-3-13(9-15(16)25)20-19-21(26)27-11-28-22(19)33(31-20)14-4-5-14/h3,6,9-12,14H,4-5,7-8H2,1-2H3,(H2,26,27,28)(H2,29,30,34). The van der Waals surface area contributed by atoms with E-state index in [1.54, 1.807) is 12.1 Å². The van der Waals surface area contributed by atoms with Crippen LogP contribution in [0.15, 0.2) is 35.1 Å². The van der Waals surface area contributed by atoms with Crippen molar-refractivity contribution >= 4 is 34.5 Å². The molecule has 0 aliphatic heterocycles. The maximum Gasteiger partial charge on any atom is 0.326 e. The van der Waals surface area contributed by atoms with Gasteiger partial charge in [0.05, 0.1) is 22.8 Å². The topological polar surface area (TPSA) is 137 Å². The lowest BCUT2D eigenvalue weighted by Crippen LogP contribution is -2.40. The highest BCUT2D eigenvalue weighted by atomic mass is 19.1. The van der Waals surface area contributed by atoms with Crippen LogP contribution in [0.5, 0.6) is 0 Å². The van der Waals surface area contributed by atoms with Gasteiger partial charge in [0, 0.05) is 17.0 Å². The molecule has 0 bridgehead atoms. The fraction of sp³-hybridized carbons (Fsp3) is 0.375. The monoisotopic (exact) mass is 476 g/mol. The summed E-state index contributed by atoms with van der Waals surface area (Å²) in [5, 5.41) is 14.5. The van der Waals surface area contributed by atoms with Gasteiger partial charge in [-0.2, -0.15) is 5.10 Å². The number of carbonyl (C=O) groups is 1. The molecule has 10 nitrogen and oxygen atoms in total. The zero-order chi connectivity index (χ0) is 24.3. The van der Waals surface area contributed by atoms with E-state index >= 15 is 0 Å². The third-order valence-corrected chi connectivity index (χ3v) is 7.42. The number of nitrogens with one attached hydrogen (secondary N) is 2. The van der Waals surface area contributed by atoms with E-state index in [-0.39, 0.29) is 28.8 Å². The summed E-state index contributed by atoms with van der Waals surface area (Å²) >= 11 is 0. The molecule has 2 unspecified atom stereocenters. The smallest absolute Gasteiger partial charge is 0.326 e. The highest BCUT2D eigenvalue weighted by molar-refractivity contribution is 6.00. The molecule has 2 fully saturated rings. The fourth-order valence-corrected chi connectivity index (χ4v) is 4.65. The van der Waals surface area contributed by atoms with E-state index in [9.17, 15) is 9.18 Å². The number of halogens is 1. The molecule has 0 saturated heterocycles. The molecule has 2 atom stereocenters. The number of nitrogen functional groups attached to an aromatic ring is 1. The summed E-state index contributed by atoms with van der Waals surface area (Å²) in [6.45, 7) is 4.31. The average molecular weight is 477 g/mol. The van der Waals surface area contributed by atoms with Gasteiger partial charge in [-0.25, -0.2) is 23.8 Å². The van der Waals surface area contributed by atoms with E-state index in [0.717, 1.165) is 31.4 Å². The summed E-state index contributed by atoms with van der Waals surface area (Å²) in [6.07, 6.45) is 5.58. The molecule has 4 aromatic rings. The molecule has 2 aliphatic rings. The maximum atomic E-state index is 15.0. The summed E-state index contributed by atoms with van der Waals surface area (Å²) < 4.78 is 22.1. The number of amides is 2. The van der Waals surface area contributed by atoms with Crippen molar-refractivity contribution in [3.8, 4) is 11.3 Å².